The molecule has 0 radical (unpaired) electrons. The third-order valence-electron chi connectivity index (χ3n) is 10.9. The van der Waals surface area contributed by atoms with Crippen molar-refractivity contribution < 1.29 is 54.9 Å². The maximum absolute atomic E-state index is 12.5. The minimum Gasteiger partial charge on any atom is -0.396 e. The van der Waals surface area contributed by atoms with Crippen LogP contribution in [0.5, 0.6) is 0 Å². The standard InChI is InChI=1S/C22H38O5.C19H36O6/c1-14(2)19(24)11-10-15(3)8-7-9-16(4)21(26)18(6)22(27)17(5)20(25)12-13-23;1-10(16(22)14(5)18(24)12(3)8-20)7-11(2)17(23)15(6)19(25)13(4)9-21/h10,13,16-21,24-26H,1,7-9,11-12H2,2-6H3;8,10-16,18-19,21-22,24-25H,7,9H2,1-6H3/b15-10+;/t16-,17+,18+,19-,20-,21-;10-,11+,12-,13-,14+,15-,16-,18+,19-/m00/s1. The quantitative estimate of drug-likeness (QED) is 0.0492. The number of allylic oxidation sites excluding steroid dienone is 1. The first-order chi connectivity index (χ1) is 24.0. The van der Waals surface area contributed by atoms with Gasteiger partial charge in [0.2, 0.25) is 0 Å². The molecule has 0 aliphatic carbocycles. The fourth-order valence-electron chi connectivity index (χ4n) is 6.37. The molecule has 15 atom stereocenters. The molecule has 304 valence electrons. The number of aldehydes is 2. The molecule has 0 fully saturated rings. The molecule has 11 heteroatoms. The Morgan fingerprint density at radius 3 is 1.67 bits per heavy atom. The largest absolute Gasteiger partial charge is 0.396 e. The molecule has 0 amide bonds. The van der Waals surface area contributed by atoms with Crippen molar-refractivity contribution in [2.24, 2.45) is 53.3 Å². The Balaban J connectivity index is 0. The van der Waals surface area contributed by atoms with Crippen molar-refractivity contribution in [2.45, 2.75) is 151 Å². The van der Waals surface area contributed by atoms with Gasteiger partial charge in [-0.2, -0.15) is 0 Å². The molecule has 0 aromatic heterocycles. The lowest BCUT2D eigenvalue weighted by Gasteiger charge is -2.32. The summed E-state index contributed by atoms with van der Waals surface area (Å²) in [4.78, 5) is 46.2. The lowest BCUT2D eigenvalue weighted by molar-refractivity contribution is -0.134. The van der Waals surface area contributed by atoms with Crippen molar-refractivity contribution in [1.82, 2.24) is 0 Å². The Morgan fingerprint density at radius 1 is 0.673 bits per heavy atom. The molecule has 0 aromatic rings. The van der Waals surface area contributed by atoms with Crippen LogP contribution in [0.4, 0.5) is 0 Å². The Morgan fingerprint density at radius 2 is 1.19 bits per heavy atom. The maximum atomic E-state index is 12.5. The van der Waals surface area contributed by atoms with Crippen molar-refractivity contribution in [3.63, 3.8) is 0 Å². The van der Waals surface area contributed by atoms with Crippen molar-refractivity contribution >= 4 is 24.1 Å². The lowest BCUT2D eigenvalue weighted by Crippen LogP contribution is -2.40. The first-order valence-corrected chi connectivity index (χ1v) is 19.0. The second kappa shape index (κ2) is 26.6. The summed E-state index contributed by atoms with van der Waals surface area (Å²) < 4.78 is 0. The summed E-state index contributed by atoms with van der Waals surface area (Å²) in [5.41, 5.74) is 1.94. The molecule has 0 saturated carbocycles. The van der Waals surface area contributed by atoms with Gasteiger partial charge in [-0.25, -0.2) is 0 Å². The summed E-state index contributed by atoms with van der Waals surface area (Å²) >= 11 is 0. The zero-order valence-electron chi connectivity index (χ0n) is 33.8. The van der Waals surface area contributed by atoms with E-state index in [2.05, 4.69) is 6.58 Å². The van der Waals surface area contributed by atoms with Crippen molar-refractivity contribution in [3.05, 3.63) is 23.8 Å². The Labute approximate surface area is 313 Å². The topological polar surface area (TPSA) is 210 Å². The first kappa shape index (κ1) is 52.0. The molecular weight excluding hydrogens is 668 g/mol. The molecule has 0 rings (SSSR count). The minimum absolute atomic E-state index is 0.0480. The predicted molar refractivity (Wildman–Crippen MR) is 204 cm³/mol. The molecule has 11 nitrogen and oxygen atoms in total. The van der Waals surface area contributed by atoms with Crippen LogP contribution in [0.2, 0.25) is 0 Å². The van der Waals surface area contributed by atoms with Gasteiger partial charge in [-0.1, -0.05) is 86.1 Å². The van der Waals surface area contributed by atoms with E-state index in [-0.39, 0.29) is 48.3 Å². The van der Waals surface area contributed by atoms with Gasteiger partial charge < -0.3 is 45.3 Å². The van der Waals surface area contributed by atoms with Crippen LogP contribution >= 0.6 is 0 Å². The van der Waals surface area contributed by atoms with E-state index < -0.39 is 66.2 Å². The van der Waals surface area contributed by atoms with Gasteiger partial charge in [0, 0.05) is 54.5 Å². The van der Waals surface area contributed by atoms with E-state index >= 15 is 0 Å². The first-order valence-electron chi connectivity index (χ1n) is 19.0. The third-order valence-corrected chi connectivity index (χ3v) is 10.9. The molecular formula is C41H74O11. The summed E-state index contributed by atoms with van der Waals surface area (Å²) in [6, 6.07) is 0. The SMILES string of the molecule is C=C(C)[C@@H](O)C/C=C(\C)CCC[C@H](C)[C@H](O)[C@@H](C)C(=O)[C@H](C)[C@@H](O)CC=O.C[C@H]([C@@H](O)[C@@H](C)C[C@@H](C)C(=O)[C@H](C)[C@@H](O)[C@@H](C)CO)[C@H](O)[C@@H](C)C=O. The molecule has 0 aliphatic heterocycles. The number of hydrogen-bond donors (Lipinski definition) is 7. The Bertz CT molecular complexity index is 1090. The van der Waals surface area contributed by atoms with E-state index in [4.69, 9.17) is 5.11 Å². The normalized spacial score (nSPS) is 20.8. The van der Waals surface area contributed by atoms with E-state index in [1.807, 2.05) is 19.9 Å². The number of ketones is 2. The van der Waals surface area contributed by atoms with Gasteiger partial charge >= 0.3 is 0 Å². The predicted octanol–water partition coefficient (Wildman–Crippen LogP) is 4.25. The van der Waals surface area contributed by atoms with Crippen LogP contribution < -0.4 is 0 Å². The van der Waals surface area contributed by atoms with E-state index in [0.717, 1.165) is 24.8 Å². The molecule has 7 N–H and O–H groups in total. The van der Waals surface area contributed by atoms with Crippen LogP contribution in [0.25, 0.3) is 0 Å². The van der Waals surface area contributed by atoms with Gasteiger partial charge in [0.1, 0.15) is 24.1 Å². The van der Waals surface area contributed by atoms with Gasteiger partial charge in [-0.3, -0.25) is 9.59 Å². The van der Waals surface area contributed by atoms with Crippen LogP contribution in [0.1, 0.15) is 115 Å². The molecule has 0 saturated heterocycles. The van der Waals surface area contributed by atoms with Gasteiger partial charge in [0.25, 0.3) is 0 Å². The zero-order chi connectivity index (χ0) is 41.0. The minimum atomic E-state index is -0.998. The Hall–Kier alpha value is -2.12. The highest BCUT2D eigenvalue weighted by Gasteiger charge is 2.35. The molecule has 52 heavy (non-hydrogen) atoms. The fraction of sp³-hybridized carbons (Fsp3) is 0.805. The number of carbonyl (C=O) groups excluding carboxylic acids is 4. The fourth-order valence-corrected chi connectivity index (χ4v) is 6.37. The Kier molecular flexibility index (Phi) is 26.6. The summed E-state index contributed by atoms with van der Waals surface area (Å²) in [7, 11) is 0. The third kappa shape index (κ3) is 18.3. The van der Waals surface area contributed by atoms with Gasteiger partial charge in [0.15, 0.2) is 0 Å². The van der Waals surface area contributed by atoms with Crippen LogP contribution in [-0.2, 0) is 19.2 Å². The number of rotatable bonds is 26. The number of aliphatic hydroxyl groups excluding tert-OH is 7. The van der Waals surface area contributed by atoms with E-state index in [9.17, 15) is 49.8 Å². The van der Waals surface area contributed by atoms with Crippen molar-refractivity contribution in [2.75, 3.05) is 6.61 Å². The molecule has 0 aliphatic rings. The van der Waals surface area contributed by atoms with E-state index in [0.29, 0.717) is 25.4 Å². The molecule has 0 aromatic carbocycles. The van der Waals surface area contributed by atoms with Crippen LogP contribution in [0.3, 0.4) is 0 Å². The maximum Gasteiger partial charge on any atom is 0.143 e. The zero-order valence-corrected chi connectivity index (χ0v) is 33.8. The summed E-state index contributed by atoms with van der Waals surface area (Å²) in [5.74, 6) is -4.27. The summed E-state index contributed by atoms with van der Waals surface area (Å²) in [6.45, 7) is 22.8. The van der Waals surface area contributed by atoms with Crippen molar-refractivity contribution in [1.29, 1.82) is 0 Å². The van der Waals surface area contributed by atoms with Crippen LogP contribution in [-0.4, -0.2) is 103 Å². The van der Waals surface area contributed by atoms with Crippen LogP contribution in [0, 0.1) is 53.3 Å². The number of hydrogen-bond acceptors (Lipinski definition) is 11. The van der Waals surface area contributed by atoms with Crippen molar-refractivity contribution in [3.8, 4) is 0 Å². The molecule has 0 spiro atoms. The molecule has 0 bridgehead atoms. The second-order valence-corrected chi connectivity index (χ2v) is 15.7. The number of Topliss-reactive ketones (excluding diaryl/α,β-unsaturated/α-hetero) is 2. The smallest absolute Gasteiger partial charge is 0.143 e. The summed E-state index contributed by atoms with van der Waals surface area (Å²) in [5, 5.41) is 69.8. The molecule has 0 heterocycles. The highest BCUT2D eigenvalue weighted by atomic mass is 16.3. The highest BCUT2D eigenvalue weighted by Crippen LogP contribution is 2.28. The monoisotopic (exact) mass is 743 g/mol. The number of aliphatic hydroxyl groups is 7. The second-order valence-electron chi connectivity index (χ2n) is 15.7. The highest BCUT2D eigenvalue weighted by molar-refractivity contribution is 5.84. The van der Waals surface area contributed by atoms with E-state index in [1.54, 1.807) is 62.3 Å². The average Bonchev–Trinajstić information content (AvgIpc) is 3.12. The van der Waals surface area contributed by atoms with Gasteiger partial charge in [-0.05, 0) is 57.8 Å². The molecule has 0 unspecified atom stereocenters. The van der Waals surface area contributed by atoms with Gasteiger partial charge in [-0.15, -0.1) is 0 Å². The average molecular weight is 743 g/mol. The van der Waals surface area contributed by atoms with Crippen LogP contribution in [0.15, 0.2) is 23.8 Å². The van der Waals surface area contributed by atoms with E-state index in [1.165, 1.54) is 5.57 Å². The van der Waals surface area contributed by atoms with Gasteiger partial charge in [0.05, 0.1) is 36.6 Å². The lowest BCUT2D eigenvalue weighted by atomic mass is 9.78. The summed E-state index contributed by atoms with van der Waals surface area (Å²) in [6.07, 6.45) is 1.74. The number of carbonyl (C=O) groups is 4.